The first-order valence-electron chi connectivity index (χ1n) is 9.41. The van der Waals surface area contributed by atoms with E-state index in [0.29, 0.717) is 5.84 Å². The van der Waals surface area contributed by atoms with Crippen LogP contribution in [0, 0.1) is 0 Å². The number of amidine groups is 1. The molecule has 0 bridgehead atoms. The summed E-state index contributed by atoms with van der Waals surface area (Å²) in [5.74, 6) is -0.199. The Kier molecular flexibility index (Phi) is 5.25. The molecular formula is C21H21N7O2. The van der Waals surface area contributed by atoms with Crippen molar-refractivity contribution in [3.63, 3.8) is 0 Å². The van der Waals surface area contributed by atoms with Crippen LogP contribution in [0.15, 0.2) is 63.7 Å². The number of carbonyl (C=O) groups excluding carboxylic acids is 2. The summed E-state index contributed by atoms with van der Waals surface area (Å²) >= 11 is 0. The van der Waals surface area contributed by atoms with Gasteiger partial charge in [-0.05, 0) is 29.8 Å². The molecule has 0 spiro atoms. The molecule has 4 rings (SSSR count). The first-order valence-corrected chi connectivity index (χ1v) is 9.41. The van der Waals surface area contributed by atoms with E-state index >= 15 is 0 Å². The number of benzene rings is 2. The summed E-state index contributed by atoms with van der Waals surface area (Å²) in [6, 6.07) is 14.5. The van der Waals surface area contributed by atoms with Crippen LogP contribution in [-0.2, 0) is 9.59 Å². The molecule has 152 valence electrons. The van der Waals surface area contributed by atoms with E-state index in [1.807, 2.05) is 67.5 Å². The van der Waals surface area contributed by atoms with Gasteiger partial charge in [-0.15, -0.1) is 0 Å². The zero-order valence-corrected chi connectivity index (χ0v) is 16.6. The number of anilines is 1. The van der Waals surface area contributed by atoms with E-state index in [1.54, 1.807) is 11.1 Å². The largest absolute Gasteiger partial charge is 0.378 e. The van der Waals surface area contributed by atoms with E-state index in [1.165, 1.54) is 6.34 Å². The Balaban J connectivity index is 1.41. The minimum Gasteiger partial charge on any atom is -0.378 e. The van der Waals surface area contributed by atoms with Crippen LogP contribution in [0.3, 0.4) is 0 Å². The van der Waals surface area contributed by atoms with Crippen LogP contribution in [-0.4, -0.2) is 55.2 Å². The Hall–Kier alpha value is -4.01. The van der Waals surface area contributed by atoms with Crippen molar-refractivity contribution in [1.82, 2.24) is 15.8 Å². The maximum atomic E-state index is 12.4. The van der Waals surface area contributed by atoms with Crippen molar-refractivity contribution in [3.05, 3.63) is 59.7 Å². The monoisotopic (exact) mass is 403 g/mol. The highest BCUT2D eigenvalue weighted by molar-refractivity contribution is 6.14. The van der Waals surface area contributed by atoms with Gasteiger partial charge < -0.3 is 9.80 Å². The highest BCUT2D eigenvalue weighted by Gasteiger charge is 2.36. The molecule has 0 saturated carbocycles. The zero-order valence-electron chi connectivity index (χ0n) is 16.6. The van der Waals surface area contributed by atoms with Gasteiger partial charge in [0.15, 0.2) is 5.84 Å². The minimum atomic E-state index is -0.760. The van der Waals surface area contributed by atoms with E-state index < -0.39 is 6.04 Å². The number of aliphatic imine (C=N–C) groups is 1. The number of hydrazone groups is 2. The van der Waals surface area contributed by atoms with Gasteiger partial charge in [0.1, 0.15) is 6.04 Å². The van der Waals surface area contributed by atoms with Crippen LogP contribution in [0.4, 0.5) is 11.4 Å². The Labute approximate surface area is 173 Å². The van der Waals surface area contributed by atoms with Crippen LogP contribution in [0.5, 0.6) is 0 Å². The Morgan fingerprint density at radius 3 is 2.77 bits per heavy atom. The summed E-state index contributed by atoms with van der Waals surface area (Å²) in [5.41, 5.74) is 8.46. The van der Waals surface area contributed by atoms with Crippen LogP contribution < -0.4 is 15.8 Å². The molecule has 1 atom stereocenters. The summed E-state index contributed by atoms with van der Waals surface area (Å²) in [4.78, 5) is 32.7. The fourth-order valence-corrected chi connectivity index (χ4v) is 3.20. The number of nitrogens with one attached hydrogen (secondary N) is 2. The van der Waals surface area contributed by atoms with Crippen molar-refractivity contribution in [2.24, 2.45) is 15.2 Å². The third-order valence-electron chi connectivity index (χ3n) is 4.81. The van der Waals surface area contributed by atoms with Gasteiger partial charge in [0, 0.05) is 25.3 Å². The lowest BCUT2D eigenvalue weighted by atomic mass is 10.1. The van der Waals surface area contributed by atoms with E-state index in [2.05, 4.69) is 26.0 Å². The quantitative estimate of drug-likeness (QED) is 0.582. The fourth-order valence-electron chi connectivity index (χ4n) is 3.20. The molecular weight excluding hydrogens is 382 g/mol. The van der Waals surface area contributed by atoms with Crippen LogP contribution in [0.1, 0.15) is 17.5 Å². The normalized spacial score (nSPS) is 17.1. The summed E-state index contributed by atoms with van der Waals surface area (Å²) < 4.78 is 0. The van der Waals surface area contributed by atoms with Crippen LogP contribution in [0.25, 0.3) is 0 Å². The third-order valence-corrected chi connectivity index (χ3v) is 4.81. The van der Waals surface area contributed by atoms with E-state index in [-0.39, 0.29) is 18.2 Å². The van der Waals surface area contributed by atoms with Crippen molar-refractivity contribution in [2.75, 3.05) is 19.0 Å². The zero-order chi connectivity index (χ0) is 21.1. The highest BCUT2D eigenvalue weighted by atomic mass is 16.2. The van der Waals surface area contributed by atoms with Gasteiger partial charge in [-0.25, -0.2) is 15.8 Å². The molecule has 2 aromatic rings. The van der Waals surface area contributed by atoms with Gasteiger partial charge >= 0.3 is 0 Å². The van der Waals surface area contributed by atoms with Crippen molar-refractivity contribution in [3.8, 4) is 0 Å². The van der Waals surface area contributed by atoms with Crippen LogP contribution >= 0.6 is 0 Å². The minimum absolute atomic E-state index is 0.0874. The van der Waals surface area contributed by atoms with Gasteiger partial charge in [0.2, 0.25) is 5.91 Å². The summed E-state index contributed by atoms with van der Waals surface area (Å²) in [5, 5.41) is 8.13. The molecule has 9 heteroatoms. The average molecular weight is 403 g/mol. The summed E-state index contributed by atoms with van der Waals surface area (Å²) in [6.07, 6.45) is 3.01. The smallest absolute Gasteiger partial charge is 0.263 e. The maximum Gasteiger partial charge on any atom is 0.263 e. The Morgan fingerprint density at radius 2 is 2.00 bits per heavy atom. The lowest BCUT2D eigenvalue weighted by Gasteiger charge is -2.34. The first kappa shape index (κ1) is 19.3. The number of para-hydroxylation sites is 1. The van der Waals surface area contributed by atoms with Crippen molar-refractivity contribution in [2.45, 2.75) is 12.5 Å². The predicted octanol–water partition coefficient (Wildman–Crippen LogP) is 1.43. The molecule has 2 aliphatic heterocycles. The summed E-state index contributed by atoms with van der Waals surface area (Å²) in [7, 11) is 3.93. The molecule has 2 amide bonds. The van der Waals surface area contributed by atoms with Crippen molar-refractivity contribution in [1.29, 1.82) is 0 Å². The lowest BCUT2D eigenvalue weighted by Crippen LogP contribution is -2.55. The first-order chi connectivity index (χ1) is 14.5. The molecule has 0 aliphatic carbocycles. The SMILES string of the molecule is CN(C)c1ccc(/C=N/NC(=O)CC2C(=O)NN=C3c4ccccc4N=CN32)cc1. The van der Waals surface area contributed by atoms with Gasteiger partial charge in [-0.2, -0.15) is 10.2 Å². The number of fused-ring (bicyclic) bond motifs is 3. The number of nitrogens with zero attached hydrogens (tertiary/aromatic N) is 5. The number of hydrogen-bond donors (Lipinski definition) is 2. The van der Waals surface area contributed by atoms with Crippen molar-refractivity contribution >= 4 is 41.6 Å². The van der Waals surface area contributed by atoms with Crippen molar-refractivity contribution < 1.29 is 9.59 Å². The van der Waals surface area contributed by atoms with E-state index in [0.717, 1.165) is 22.5 Å². The molecule has 9 nitrogen and oxygen atoms in total. The second-order valence-electron chi connectivity index (χ2n) is 7.08. The fraction of sp³-hybridized carbons (Fsp3) is 0.190. The highest BCUT2D eigenvalue weighted by Crippen LogP contribution is 2.27. The number of amides is 2. The molecule has 0 saturated heterocycles. The molecule has 2 aromatic carbocycles. The van der Waals surface area contributed by atoms with Gasteiger partial charge in [0.25, 0.3) is 5.91 Å². The van der Waals surface area contributed by atoms with E-state index in [4.69, 9.17) is 0 Å². The lowest BCUT2D eigenvalue weighted by molar-refractivity contribution is -0.130. The number of carbonyl (C=O) groups is 2. The molecule has 0 aromatic heterocycles. The number of hydrogen-bond acceptors (Lipinski definition) is 7. The average Bonchev–Trinajstić information content (AvgIpc) is 2.75. The second-order valence-corrected chi connectivity index (χ2v) is 7.08. The molecule has 2 N–H and O–H groups in total. The Bertz CT molecular complexity index is 1060. The van der Waals surface area contributed by atoms with Gasteiger partial charge in [0.05, 0.1) is 24.7 Å². The molecule has 30 heavy (non-hydrogen) atoms. The standard InChI is InChI=1S/C21H21N7O2/c1-27(2)15-9-7-14(8-10-15)12-23-24-19(29)11-18-21(30)26-25-20-16-5-3-4-6-17(16)22-13-28(18)20/h3-10,12-13,18H,11H2,1-2H3,(H,24,29)(H,26,30)/b23-12+. The molecule has 2 heterocycles. The maximum absolute atomic E-state index is 12.4. The number of rotatable bonds is 5. The van der Waals surface area contributed by atoms with Crippen LogP contribution in [0.2, 0.25) is 0 Å². The van der Waals surface area contributed by atoms with Gasteiger partial charge in [-0.3, -0.25) is 9.59 Å². The Morgan fingerprint density at radius 1 is 1.23 bits per heavy atom. The second kappa shape index (κ2) is 8.16. The molecule has 0 fully saturated rings. The predicted molar refractivity (Wildman–Crippen MR) is 116 cm³/mol. The van der Waals surface area contributed by atoms with E-state index in [9.17, 15) is 9.59 Å². The third kappa shape index (κ3) is 3.90. The molecule has 1 unspecified atom stereocenters. The molecule has 0 radical (unpaired) electrons. The molecule has 2 aliphatic rings. The van der Waals surface area contributed by atoms with Gasteiger partial charge in [-0.1, -0.05) is 24.3 Å². The topological polar surface area (TPSA) is 102 Å². The summed E-state index contributed by atoms with van der Waals surface area (Å²) in [6.45, 7) is 0.